The molecule has 2 atom stereocenters. The molecule has 0 amide bonds. The highest BCUT2D eigenvalue weighted by Gasteiger charge is 2.48. The van der Waals surface area contributed by atoms with Crippen LogP contribution in [0.2, 0.25) is 0 Å². The van der Waals surface area contributed by atoms with Gasteiger partial charge in [-0.1, -0.05) is 32.6 Å². The molecule has 3 fully saturated rings. The standard InChI is InChI=1S/C21H35F3O/c1-2-3-14-4-6-15(7-5-14)16-8-10-21(25,11-9-16)17-12-18(22)20(24)19(23)13-17/h14-20,25H,2-13H2,1H3. The molecule has 0 heterocycles. The van der Waals surface area contributed by atoms with Crippen molar-refractivity contribution in [2.75, 3.05) is 0 Å². The van der Waals surface area contributed by atoms with Gasteiger partial charge in [0.25, 0.3) is 0 Å². The first-order valence-corrected chi connectivity index (χ1v) is 10.6. The van der Waals surface area contributed by atoms with E-state index in [4.69, 9.17) is 0 Å². The summed E-state index contributed by atoms with van der Waals surface area (Å²) in [6.45, 7) is 2.26. The van der Waals surface area contributed by atoms with E-state index < -0.39 is 30.0 Å². The molecule has 1 N–H and O–H groups in total. The predicted molar refractivity (Wildman–Crippen MR) is 94.7 cm³/mol. The molecule has 3 rings (SSSR count). The Labute approximate surface area is 150 Å². The fraction of sp³-hybridized carbons (Fsp3) is 1.00. The van der Waals surface area contributed by atoms with E-state index in [1.165, 1.54) is 38.5 Å². The summed E-state index contributed by atoms with van der Waals surface area (Å²) in [5.74, 6) is 1.90. The van der Waals surface area contributed by atoms with Crippen molar-refractivity contribution in [2.24, 2.45) is 23.7 Å². The first-order chi connectivity index (χ1) is 11.9. The number of halogens is 3. The van der Waals surface area contributed by atoms with Gasteiger partial charge in [0.1, 0.15) is 12.3 Å². The zero-order valence-electron chi connectivity index (χ0n) is 15.6. The molecule has 1 nitrogen and oxygen atoms in total. The Hall–Kier alpha value is -0.250. The van der Waals surface area contributed by atoms with Crippen LogP contribution < -0.4 is 0 Å². The number of aliphatic hydroxyl groups is 1. The van der Waals surface area contributed by atoms with E-state index in [9.17, 15) is 18.3 Å². The fourth-order valence-corrected chi connectivity index (χ4v) is 5.94. The number of alkyl halides is 3. The van der Waals surface area contributed by atoms with Crippen molar-refractivity contribution in [1.82, 2.24) is 0 Å². The SMILES string of the molecule is CCCC1CCC(C2CCC(O)(C3CC(F)C(F)C(F)C3)CC2)CC1. The summed E-state index contributed by atoms with van der Waals surface area (Å²) in [7, 11) is 0. The summed E-state index contributed by atoms with van der Waals surface area (Å²) in [6.07, 6.45) is 5.53. The van der Waals surface area contributed by atoms with Gasteiger partial charge in [0.2, 0.25) is 0 Å². The average molecular weight is 361 g/mol. The van der Waals surface area contributed by atoms with Crippen LogP contribution in [-0.2, 0) is 0 Å². The first-order valence-electron chi connectivity index (χ1n) is 10.6. The maximum Gasteiger partial charge on any atom is 0.162 e. The van der Waals surface area contributed by atoms with Crippen LogP contribution >= 0.6 is 0 Å². The van der Waals surface area contributed by atoms with Gasteiger partial charge in [-0.05, 0) is 75.0 Å². The quantitative estimate of drug-likeness (QED) is 0.658. The van der Waals surface area contributed by atoms with Crippen LogP contribution in [0.3, 0.4) is 0 Å². The first kappa shape index (κ1) is 19.5. The van der Waals surface area contributed by atoms with Crippen molar-refractivity contribution in [2.45, 2.75) is 108 Å². The Bertz CT molecular complexity index is 401. The zero-order valence-corrected chi connectivity index (χ0v) is 15.6. The third-order valence-corrected chi connectivity index (χ3v) is 7.62. The van der Waals surface area contributed by atoms with E-state index in [1.54, 1.807) is 0 Å². The Morgan fingerprint density at radius 3 is 1.88 bits per heavy atom. The lowest BCUT2D eigenvalue weighted by molar-refractivity contribution is -0.109. The van der Waals surface area contributed by atoms with Crippen LogP contribution in [0.5, 0.6) is 0 Å². The molecular formula is C21H35F3O. The highest BCUT2D eigenvalue weighted by molar-refractivity contribution is 4.99. The molecule has 0 aliphatic heterocycles. The minimum absolute atomic E-state index is 0.0229. The van der Waals surface area contributed by atoms with E-state index >= 15 is 0 Å². The molecule has 4 heteroatoms. The van der Waals surface area contributed by atoms with E-state index in [-0.39, 0.29) is 12.8 Å². The van der Waals surface area contributed by atoms with Crippen molar-refractivity contribution in [3.05, 3.63) is 0 Å². The van der Waals surface area contributed by atoms with Gasteiger partial charge in [-0.3, -0.25) is 0 Å². The predicted octanol–water partition coefficient (Wildman–Crippen LogP) is 5.94. The van der Waals surface area contributed by atoms with Crippen LogP contribution in [0.25, 0.3) is 0 Å². The summed E-state index contributed by atoms with van der Waals surface area (Å²) in [5.41, 5.74) is -0.981. The van der Waals surface area contributed by atoms with Gasteiger partial charge in [-0.2, -0.15) is 0 Å². The Kier molecular flexibility index (Phi) is 6.39. The zero-order chi connectivity index (χ0) is 18.0. The van der Waals surface area contributed by atoms with Crippen molar-refractivity contribution < 1.29 is 18.3 Å². The monoisotopic (exact) mass is 360 g/mol. The van der Waals surface area contributed by atoms with Crippen LogP contribution in [0.15, 0.2) is 0 Å². The summed E-state index contributed by atoms with van der Waals surface area (Å²) in [4.78, 5) is 0. The summed E-state index contributed by atoms with van der Waals surface area (Å²) in [5, 5.41) is 11.0. The molecule has 3 aliphatic rings. The van der Waals surface area contributed by atoms with Gasteiger partial charge in [0.15, 0.2) is 6.17 Å². The van der Waals surface area contributed by atoms with Crippen molar-refractivity contribution in [3.8, 4) is 0 Å². The average Bonchev–Trinajstić information content (AvgIpc) is 2.61. The van der Waals surface area contributed by atoms with Crippen LogP contribution in [0.1, 0.15) is 84.0 Å². The molecule has 2 unspecified atom stereocenters. The smallest absolute Gasteiger partial charge is 0.162 e. The van der Waals surface area contributed by atoms with E-state index in [0.29, 0.717) is 18.8 Å². The maximum atomic E-state index is 13.7. The fourth-order valence-electron chi connectivity index (χ4n) is 5.94. The minimum Gasteiger partial charge on any atom is -0.390 e. The Morgan fingerprint density at radius 2 is 1.36 bits per heavy atom. The lowest BCUT2D eigenvalue weighted by Gasteiger charge is -2.47. The normalized spacial score (nSPS) is 49.1. The highest BCUT2D eigenvalue weighted by Crippen LogP contribution is 2.48. The lowest BCUT2D eigenvalue weighted by atomic mass is 9.63. The second-order valence-electron chi connectivity index (χ2n) is 9.16. The van der Waals surface area contributed by atoms with Gasteiger partial charge >= 0.3 is 0 Å². The van der Waals surface area contributed by atoms with Crippen LogP contribution in [0, 0.1) is 23.7 Å². The molecule has 146 valence electrons. The van der Waals surface area contributed by atoms with Gasteiger partial charge in [-0.15, -0.1) is 0 Å². The molecule has 3 saturated carbocycles. The largest absolute Gasteiger partial charge is 0.390 e. The van der Waals surface area contributed by atoms with Gasteiger partial charge < -0.3 is 5.11 Å². The third kappa shape index (κ3) is 4.36. The van der Waals surface area contributed by atoms with Gasteiger partial charge in [-0.25, -0.2) is 13.2 Å². The number of rotatable bonds is 4. The van der Waals surface area contributed by atoms with Crippen molar-refractivity contribution in [3.63, 3.8) is 0 Å². The molecule has 0 radical (unpaired) electrons. The van der Waals surface area contributed by atoms with Crippen LogP contribution in [0.4, 0.5) is 13.2 Å². The third-order valence-electron chi connectivity index (χ3n) is 7.62. The highest BCUT2D eigenvalue weighted by atomic mass is 19.2. The summed E-state index contributed by atoms with van der Waals surface area (Å²) < 4.78 is 40.9. The molecule has 0 aromatic heterocycles. The molecule has 0 aromatic carbocycles. The van der Waals surface area contributed by atoms with E-state index in [1.807, 2.05) is 0 Å². The lowest BCUT2D eigenvalue weighted by Crippen LogP contribution is -2.49. The molecule has 0 aromatic rings. The van der Waals surface area contributed by atoms with Gasteiger partial charge in [0.05, 0.1) is 5.60 Å². The minimum atomic E-state index is -2.01. The number of hydrogen-bond acceptors (Lipinski definition) is 1. The Balaban J connectivity index is 1.50. The summed E-state index contributed by atoms with van der Waals surface area (Å²) in [6, 6.07) is 0. The topological polar surface area (TPSA) is 20.2 Å². The van der Waals surface area contributed by atoms with Crippen molar-refractivity contribution in [1.29, 1.82) is 0 Å². The Morgan fingerprint density at radius 1 is 0.840 bits per heavy atom. The van der Waals surface area contributed by atoms with Gasteiger partial charge in [0, 0.05) is 0 Å². The summed E-state index contributed by atoms with van der Waals surface area (Å²) >= 11 is 0. The van der Waals surface area contributed by atoms with E-state index in [2.05, 4.69) is 6.92 Å². The molecule has 3 aliphatic carbocycles. The van der Waals surface area contributed by atoms with Crippen LogP contribution in [-0.4, -0.2) is 29.2 Å². The molecule has 0 bridgehead atoms. The van der Waals surface area contributed by atoms with Crippen molar-refractivity contribution >= 4 is 0 Å². The molecular weight excluding hydrogens is 325 g/mol. The van der Waals surface area contributed by atoms with E-state index in [0.717, 1.165) is 24.7 Å². The maximum absolute atomic E-state index is 13.7. The molecule has 0 saturated heterocycles. The molecule has 0 spiro atoms. The second kappa shape index (κ2) is 8.19. The number of hydrogen-bond donors (Lipinski definition) is 1. The second-order valence-corrected chi connectivity index (χ2v) is 9.16. The molecule has 25 heavy (non-hydrogen) atoms.